The highest BCUT2D eigenvalue weighted by molar-refractivity contribution is 6.31. The van der Waals surface area contributed by atoms with Crippen LogP contribution in [0.1, 0.15) is 16.3 Å². The van der Waals surface area contributed by atoms with Crippen LogP contribution < -0.4 is 10.1 Å². The number of nitrogens with zero attached hydrogens (tertiary/aromatic N) is 4. The lowest BCUT2D eigenvalue weighted by Gasteiger charge is -2.10. The largest absolute Gasteiger partial charge is 0.495 e. The SMILES string of the molecule is COc1ccc(Cl)cc1NC(=O)c1nc2nc(-c3ccc(F)cc3)cc(C(F)(F)F)n2n1. The van der Waals surface area contributed by atoms with Gasteiger partial charge in [-0.1, -0.05) is 11.6 Å². The van der Waals surface area contributed by atoms with Gasteiger partial charge in [0.1, 0.15) is 11.6 Å². The molecule has 0 spiro atoms. The molecule has 2 heterocycles. The van der Waals surface area contributed by atoms with Crippen molar-refractivity contribution in [3.63, 3.8) is 0 Å². The fourth-order valence-corrected chi connectivity index (χ4v) is 3.06. The molecule has 1 N–H and O–H groups in total. The zero-order valence-corrected chi connectivity index (χ0v) is 16.9. The van der Waals surface area contributed by atoms with E-state index in [1.165, 1.54) is 37.4 Å². The molecule has 4 rings (SSSR count). The summed E-state index contributed by atoms with van der Waals surface area (Å²) in [6.07, 6.45) is -4.83. The van der Waals surface area contributed by atoms with Crippen LogP contribution >= 0.6 is 11.6 Å². The standard InChI is InChI=1S/C20H12ClF4N5O2/c1-32-15-7-4-11(21)8-14(15)26-18(31)17-28-19-27-13(10-2-5-12(22)6-3-10)9-16(20(23,24)25)30(19)29-17/h2-9H,1H3,(H,26,31). The highest BCUT2D eigenvalue weighted by Gasteiger charge is 2.36. The van der Waals surface area contributed by atoms with Crippen LogP contribution in [-0.4, -0.2) is 32.6 Å². The maximum atomic E-state index is 13.7. The Balaban J connectivity index is 1.78. The van der Waals surface area contributed by atoms with Crippen molar-refractivity contribution in [2.24, 2.45) is 0 Å². The van der Waals surface area contributed by atoms with Crippen LogP contribution in [0.5, 0.6) is 5.75 Å². The average Bonchev–Trinajstić information content (AvgIpc) is 3.17. The summed E-state index contributed by atoms with van der Waals surface area (Å²) in [5, 5.41) is 6.43. The molecule has 0 aliphatic heterocycles. The summed E-state index contributed by atoms with van der Waals surface area (Å²) >= 11 is 5.92. The van der Waals surface area contributed by atoms with Gasteiger partial charge in [-0.05, 0) is 48.5 Å². The monoisotopic (exact) mass is 465 g/mol. The fourth-order valence-electron chi connectivity index (χ4n) is 2.89. The molecule has 0 unspecified atom stereocenters. The number of halogens is 5. The Labute approximate surface area is 182 Å². The predicted molar refractivity (Wildman–Crippen MR) is 107 cm³/mol. The van der Waals surface area contributed by atoms with Gasteiger partial charge >= 0.3 is 6.18 Å². The third-order valence-electron chi connectivity index (χ3n) is 4.36. The number of carbonyl (C=O) groups excluding carboxylic acids is 1. The Morgan fingerprint density at radius 1 is 1.09 bits per heavy atom. The van der Waals surface area contributed by atoms with E-state index in [0.717, 1.165) is 18.2 Å². The van der Waals surface area contributed by atoms with Crippen LogP contribution in [0.25, 0.3) is 17.0 Å². The van der Waals surface area contributed by atoms with E-state index in [1.54, 1.807) is 0 Å². The molecular weight excluding hydrogens is 454 g/mol. The fraction of sp³-hybridized carbons (Fsp3) is 0.100. The van der Waals surface area contributed by atoms with Crippen molar-refractivity contribution in [1.29, 1.82) is 0 Å². The molecule has 2 aromatic carbocycles. The lowest BCUT2D eigenvalue weighted by molar-refractivity contribution is -0.142. The van der Waals surface area contributed by atoms with E-state index >= 15 is 0 Å². The molecule has 0 aliphatic rings. The molecule has 2 aromatic heterocycles. The summed E-state index contributed by atoms with van der Waals surface area (Å²) in [6, 6.07) is 9.94. The number of hydrogen-bond donors (Lipinski definition) is 1. The first kappa shape index (κ1) is 21.5. The van der Waals surface area contributed by atoms with Gasteiger partial charge in [0.25, 0.3) is 11.7 Å². The van der Waals surface area contributed by atoms with Crippen molar-refractivity contribution in [2.75, 3.05) is 12.4 Å². The minimum absolute atomic E-state index is 0.110. The number of hydrogen-bond acceptors (Lipinski definition) is 5. The number of alkyl halides is 3. The Morgan fingerprint density at radius 2 is 1.81 bits per heavy atom. The van der Waals surface area contributed by atoms with Gasteiger partial charge in [-0.15, -0.1) is 5.10 Å². The number of fused-ring (bicyclic) bond motifs is 1. The molecule has 0 bridgehead atoms. The number of rotatable bonds is 4. The summed E-state index contributed by atoms with van der Waals surface area (Å²) in [5.41, 5.74) is -0.897. The van der Waals surface area contributed by atoms with E-state index < -0.39 is 35.2 Å². The van der Waals surface area contributed by atoms with Gasteiger partial charge in [-0.25, -0.2) is 9.37 Å². The summed E-state index contributed by atoms with van der Waals surface area (Å²) in [6.45, 7) is 0. The molecular formula is C20H12ClF4N5O2. The molecule has 0 atom stereocenters. The number of nitrogens with one attached hydrogen (secondary N) is 1. The zero-order chi connectivity index (χ0) is 23.0. The normalized spacial score (nSPS) is 11.6. The summed E-state index contributed by atoms with van der Waals surface area (Å²) in [4.78, 5) is 20.5. The highest BCUT2D eigenvalue weighted by atomic mass is 35.5. The first-order valence-electron chi connectivity index (χ1n) is 8.91. The first-order valence-corrected chi connectivity index (χ1v) is 9.29. The maximum absolute atomic E-state index is 13.7. The highest BCUT2D eigenvalue weighted by Crippen LogP contribution is 2.32. The van der Waals surface area contributed by atoms with Crippen molar-refractivity contribution in [3.8, 4) is 17.0 Å². The smallest absolute Gasteiger partial charge is 0.433 e. The summed E-state index contributed by atoms with van der Waals surface area (Å²) < 4.78 is 59.7. The quantitative estimate of drug-likeness (QED) is 0.435. The molecule has 1 amide bonds. The lowest BCUT2D eigenvalue weighted by atomic mass is 10.1. The Bertz CT molecular complexity index is 1320. The number of amides is 1. The lowest BCUT2D eigenvalue weighted by Crippen LogP contribution is -2.16. The second kappa shape index (κ2) is 8.08. The van der Waals surface area contributed by atoms with E-state index in [2.05, 4.69) is 20.4 Å². The van der Waals surface area contributed by atoms with E-state index in [9.17, 15) is 22.4 Å². The summed E-state index contributed by atoms with van der Waals surface area (Å²) in [5.74, 6) is -2.18. The number of methoxy groups -OCH3 is 1. The van der Waals surface area contributed by atoms with Crippen LogP contribution in [0.2, 0.25) is 5.02 Å². The van der Waals surface area contributed by atoms with Gasteiger partial charge in [0.05, 0.1) is 18.5 Å². The maximum Gasteiger partial charge on any atom is 0.433 e. The van der Waals surface area contributed by atoms with Gasteiger partial charge in [0.2, 0.25) is 5.82 Å². The van der Waals surface area contributed by atoms with Crippen molar-refractivity contribution >= 4 is 29.0 Å². The van der Waals surface area contributed by atoms with Gasteiger partial charge in [0, 0.05) is 10.6 Å². The predicted octanol–water partition coefficient (Wildman–Crippen LogP) is 4.86. The second-order valence-electron chi connectivity index (χ2n) is 6.48. The van der Waals surface area contributed by atoms with E-state index in [-0.39, 0.29) is 22.7 Å². The van der Waals surface area contributed by atoms with Crippen molar-refractivity contribution in [2.45, 2.75) is 6.18 Å². The van der Waals surface area contributed by atoms with Crippen LogP contribution in [0, 0.1) is 5.82 Å². The van der Waals surface area contributed by atoms with Gasteiger partial charge in [-0.3, -0.25) is 4.79 Å². The van der Waals surface area contributed by atoms with E-state index in [4.69, 9.17) is 16.3 Å². The molecule has 164 valence electrons. The molecule has 4 aromatic rings. The average molecular weight is 466 g/mol. The molecule has 7 nitrogen and oxygen atoms in total. The van der Waals surface area contributed by atoms with Crippen LogP contribution in [-0.2, 0) is 6.18 Å². The van der Waals surface area contributed by atoms with Crippen molar-refractivity contribution in [1.82, 2.24) is 19.6 Å². The van der Waals surface area contributed by atoms with E-state index in [0.29, 0.717) is 9.54 Å². The number of benzene rings is 2. The zero-order valence-electron chi connectivity index (χ0n) is 16.1. The minimum Gasteiger partial charge on any atom is -0.495 e. The Hall–Kier alpha value is -3.73. The molecule has 32 heavy (non-hydrogen) atoms. The Kier molecular flexibility index (Phi) is 5.43. The molecule has 0 saturated heterocycles. The molecule has 0 fully saturated rings. The van der Waals surface area contributed by atoms with E-state index in [1.807, 2.05) is 0 Å². The van der Waals surface area contributed by atoms with Gasteiger partial charge < -0.3 is 10.1 Å². The Morgan fingerprint density at radius 3 is 2.47 bits per heavy atom. The topological polar surface area (TPSA) is 81.4 Å². The number of carbonyl (C=O) groups is 1. The third kappa shape index (κ3) is 4.19. The minimum atomic E-state index is -4.83. The number of aromatic nitrogens is 4. The van der Waals surface area contributed by atoms with Crippen LogP contribution in [0.4, 0.5) is 23.2 Å². The molecule has 0 aliphatic carbocycles. The van der Waals surface area contributed by atoms with Crippen molar-refractivity contribution in [3.05, 3.63) is 70.9 Å². The second-order valence-corrected chi connectivity index (χ2v) is 6.91. The number of ether oxygens (including phenoxy) is 1. The third-order valence-corrected chi connectivity index (χ3v) is 4.59. The van der Waals surface area contributed by atoms with Crippen LogP contribution in [0.15, 0.2) is 48.5 Å². The van der Waals surface area contributed by atoms with Gasteiger partial charge in [0.15, 0.2) is 5.69 Å². The molecule has 12 heteroatoms. The number of anilines is 1. The van der Waals surface area contributed by atoms with Crippen LogP contribution in [0.3, 0.4) is 0 Å². The molecule has 0 saturated carbocycles. The van der Waals surface area contributed by atoms with Crippen molar-refractivity contribution < 1.29 is 27.1 Å². The first-order chi connectivity index (χ1) is 15.2. The molecule has 0 radical (unpaired) electrons. The summed E-state index contributed by atoms with van der Waals surface area (Å²) in [7, 11) is 1.37. The van der Waals surface area contributed by atoms with Gasteiger partial charge in [-0.2, -0.15) is 22.7 Å².